The third-order valence-corrected chi connectivity index (χ3v) is 3.44. The fourth-order valence-corrected chi connectivity index (χ4v) is 2.09. The van der Waals surface area contributed by atoms with Crippen LogP contribution in [0.25, 0.3) is 0 Å². The highest BCUT2D eigenvalue weighted by atomic mass is 32.2. The first kappa shape index (κ1) is 18.0. The van der Waals surface area contributed by atoms with E-state index in [4.69, 9.17) is 9.66 Å². The van der Waals surface area contributed by atoms with E-state index in [1.54, 1.807) is 5.32 Å². The van der Waals surface area contributed by atoms with Gasteiger partial charge in [0, 0.05) is 5.56 Å². The third kappa shape index (κ3) is 5.04. The topological polar surface area (TPSA) is 121 Å². The van der Waals surface area contributed by atoms with Crippen LogP contribution in [-0.4, -0.2) is 41.7 Å². The first-order chi connectivity index (χ1) is 10.0. The summed E-state index contributed by atoms with van der Waals surface area (Å²) in [6.07, 6.45) is -0.745. The predicted molar refractivity (Wildman–Crippen MR) is 70.9 cm³/mol. The number of nitrogens with one attached hydrogen (secondary N) is 1. The van der Waals surface area contributed by atoms with Gasteiger partial charge in [0.1, 0.15) is 6.04 Å². The van der Waals surface area contributed by atoms with Crippen molar-refractivity contribution in [2.24, 2.45) is 0 Å². The highest BCUT2D eigenvalue weighted by Gasteiger charge is 2.42. The van der Waals surface area contributed by atoms with E-state index in [9.17, 15) is 26.8 Å². The molecule has 7 nitrogen and oxygen atoms in total. The van der Waals surface area contributed by atoms with E-state index < -0.39 is 51.7 Å². The second-order valence-electron chi connectivity index (χ2n) is 4.38. The fraction of sp³-hybridized carbons (Fsp3) is 0.333. The Morgan fingerprint density at radius 3 is 2.23 bits per heavy atom. The molecule has 122 valence electrons. The van der Waals surface area contributed by atoms with E-state index in [0.29, 0.717) is 0 Å². The molecule has 1 atom stereocenters. The van der Waals surface area contributed by atoms with Gasteiger partial charge in [0.25, 0.3) is 16.0 Å². The summed E-state index contributed by atoms with van der Waals surface area (Å²) in [6, 6.07) is 4.14. The highest BCUT2D eigenvalue weighted by Crippen LogP contribution is 2.28. The number of carboxylic acids is 1. The molecule has 0 spiro atoms. The van der Waals surface area contributed by atoms with E-state index >= 15 is 0 Å². The zero-order valence-electron chi connectivity index (χ0n) is 11.1. The highest BCUT2D eigenvalue weighted by molar-refractivity contribution is 7.85. The SMILES string of the molecule is O=C(O)[C@H](CCS(=O)(=O)O)NC(=O)C(F)(F)c1ccccc1. The van der Waals surface area contributed by atoms with Gasteiger partial charge in [-0.25, -0.2) is 4.79 Å². The maximum atomic E-state index is 13.9. The van der Waals surface area contributed by atoms with Crippen LogP contribution in [0.3, 0.4) is 0 Å². The molecule has 0 unspecified atom stereocenters. The second kappa shape index (κ2) is 6.79. The lowest BCUT2D eigenvalue weighted by Crippen LogP contribution is -2.47. The number of carbonyl (C=O) groups excluding carboxylic acids is 1. The Kier molecular flexibility index (Phi) is 5.55. The molecule has 0 aliphatic carbocycles. The normalized spacial score (nSPS) is 13.4. The first-order valence-corrected chi connectivity index (χ1v) is 7.57. The molecule has 0 saturated carbocycles. The lowest BCUT2D eigenvalue weighted by molar-refractivity contribution is -0.152. The van der Waals surface area contributed by atoms with Gasteiger partial charge < -0.3 is 10.4 Å². The second-order valence-corrected chi connectivity index (χ2v) is 5.95. The third-order valence-electron chi connectivity index (χ3n) is 2.69. The van der Waals surface area contributed by atoms with E-state index in [1.165, 1.54) is 18.2 Å². The van der Waals surface area contributed by atoms with Crippen LogP contribution in [0.2, 0.25) is 0 Å². The number of benzene rings is 1. The average Bonchev–Trinajstić information content (AvgIpc) is 2.42. The van der Waals surface area contributed by atoms with Gasteiger partial charge in [-0.1, -0.05) is 30.3 Å². The number of amides is 1. The molecular formula is C12H13F2NO6S. The molecule has 0 bridgehead atoms. The van der Waals surface area contributed by atoms with E-state index in [0.717, 1.165) is 12.1 Å². The van der Waals surface area contributed by atoms with Crippen molar-refractivity contribution in [3.05, 3.63) is 35.9 Å². The Labute approximate surface area is 124 Å². The molecule has 1 amide bonds. The van der Waals surface area contributed by atoms with Crippen LogP contribution in [0.4, 0.5) is 8.78 Å². The van der Waals surface area contributed by atoms with Crippen molar-refractivity contribution in [3.63, 3.8) is 0 Å². The summed E-state index contributed by atoms with van der Waals surface area (Å²) >= 11 is 0. The Bertz CT molecular complexity index is 647. The first-order valence-electron chi connectivity index (χ1n) is 5.96. The standard InChI is InChI=1S/C12H13F2NO6S/c13-12(14,8-4-2-1-3-5-8)11(18)15-9(10(16)17)6-7-22(19,20)21/h1-5,9H,6-7H2,(H,15,18)(H,16,17)(H,19,20,21)/t9-/m0/s1. The summed E-state index contributed by atoms with van der Waals surface area (Å²) in [5.74, 6) is -8.53. The molecule has 22 heavy (non-hydrogen) atoms. The van der Waals surface area contributed by atoms with Crippen LogP contribution < -0.4 is 5.32 Å². The number of hydrogen-bond acceptors (Lipinski definition) is 4. The van der Waals surface area contributed by atoms with Crippen molar-refractivity contribution in [2.45, 2.75) is 18.4 Å². The summed E-state index contributed by atoms with van der Waals surface area (Å²) in [5.41, 5.74) is -0.633. The molecule has 10 heteroatoms. The molecule has 0 aliphatic rings. The van der Waals surface area contributed by atoms with Gasteiger partial charge in [-0.15, -0.1) is 0 Å². The lowest BCUT2D eigenvalue weighted by atomic mass is 10.1. The minimum Gasteiger partial charge on any atom is -0.480 e. The molecular weight excluding hydrogens is 324 g/mol. The lowest BCUT2D eigenvalue weighted by Gasteiger charge is -2.19. The fourth-order valence-electron chi connectivity index (χ4n) is 1.55. The van der Waals surface area contributed by atoms with Crippen molar-refractivity contribution >= 4 is 22.0 Å². The molecule has 0 aliphatic heterocycles. The Morgan fingerprint density at radius 1 is 1.23 bits per heavy atom. The van der Waals surface area contributed by atoms with Crippen molar-refractivity contribution in [1.29, 1.82) is 0 Å². The van der Waals surface area contributed by atoms with Crippen molar-refractivity contribution in [3.8, 4) is 0 Å². The zero-order chi connectivity index (χ0) is 17.0. The number of alkyl halides is 2. The van der Waals surface area contributed by atoms with Crippen LogP contribution >= 0.6 is 0 Å². The average molecular weight is 337 g/mol. The molecule has 0 radical (unpaired) electrons. The van der Waals surface area contributed by atoms with Gasteiger partial charge in [0.2, 0.25) is 0 Å². The van der Waals surface area contributed by atoms with Crippen LogP contribution in [-0.2, 0) is 25.6 Å². The maximum absolute atomic E-state index is 13.9. The molecule has 0 heterocycles. The molecule has 0 aromatic heterocycles. The zero-order valence-corrected chi connectivity index (χ0v) is 11.9. The van der Waals surface area contributed by atoms with Gasteiger partial charge in [-0.05, 0) is 6.42 Å². The van der Waals surface area contributed by atoms with Crippen LogP contribution in [0.1, 0.15) is 12.0 Å². The van der Waals surface area contributed by atoms with Crippen molar-refractivity contribution < 1.29 is 36.4 Å². The van der Waals surface area contributed by atoms with Gasteiger partial charge in [-0.3, -0.25) is 9.35 Å². The van der Waals surface area contributed by atoms with Crippen LogP contribution in [0.5, 0.6) is 0 Å². The summed E-state index contributed by atoms with van der Waals surface area (Å²) in [7, 11) is -4.48. The minimum absolute atomic E-state index is 0.633. The summed E-state index contributed by atoms with van der Waals surface area (Å²) in [5, 5.41) is 10.4. The molecule has 0 saturated heterocycles. The predicted octanol–water partition coefficient (Wildman–Crippen LogP) is 0.626. The Hall–Kier alpha value is -2.07. The number of carbonyl (C=O) groups is 2. The Morgan fingerprint density at radius 2 is 1.77 bits per heavy atom. The largest absolute Gasteiger partial charge is 0.480 e. The molecule has 3 N–H and O–H groups in total. The molecule has 1 rings (SSSR count). The van der Waals surface area contributed by atoms with Gasteiger partial charge in [0.15, 0.2) is 0 Å². The summed E-state index contributed by atoms with van der Waals surface area (Å²) in [4.78, 5) is 22.4. The van der Waals surface area contributed by atoms with Crippen molar-refractivity contribution in [2.75, 3.05) is 5.75 Å². The summed E-state index contributed by atoms with van der Waals surface area (Å²) in [6.45, 7) is 0. The molecule has 1 aromatic carbocycles. The van der Waals surface area contributed by atoms with Gasteiger partial charge >= 0.3 is 11.9 Å². The molecule has 0 fully saturated rings. The van der Waals surface area contributed by atoms with Gasteiger partial charge in [-0.2, -0.15) is 17.2 Å². The maximum Gasteiger partial charge on any atom is 0.349 e. The minimum atomic E-state index is -4.48. The number of rotatable bonds is 7. The number of halogens is 2. The van der Waals surface area contributed by atoms with Crippen LogP contribution in [0, 0.1) is 0 Å². The number of hydrogen-bond donors (Lipinski definition) is 3. The quantitative estimate of drug-likeness (QED) is 0.628. The summed E-state index contributed by atoms with van der Waals surface area (Å²) < 4.78 is 57.4. The van der Waals surface area contributed by atoms with E-state index in [1.807, 2.05) is 0 Å². The number of aliphatic carboxylic acids is 1. The smallest absolute Gasteiger partial charge is 0.349 e. The van der Waals surface area contributed by atoms with Crippen molar-refractivity contribution in [1.82, 2.24) is 5.32 Å². The number of carboxylic acid groups (broad SMARTS) is 1. The van der Waals surface area contributed by atoms with E-state index in [2.05, 4.69) is 0 Å². The molecule has 1 aromatic rings. The van der Waals surface area contributed by atoms with E-state index in [-0.39, 0.29) is 0 Å². The van der Waals surface area contributed by atoms with Gasteiger partial charge in [0.05, 0.1) is 5.75 Å². The Balaban J connectivity index is 2.85. The van der Waals surface area contributed by atoms with Crippen LogP contribution in [0.15, 0.2) is 30.3 Å². The monoisotopic (exact) mass is 337 g/mol.